The molecule has 6 aliphatic heterocycles. The van der Waals surface area contributed by atoms with E-state index in [0.29, 0.717) is 43.9 Å². The number of likely N-dealkylation sites (tertiary alicyclic amines) is 6. The number of pyridine rings is 1. The molecule has 800 valence electrons. The Morgan fingerprint density at radius 3 is 1.22 bits per heavy atom. The van der Waals surface area contributed by atoms with Gasteiger partial charge in [-0.05, 0) is 388 Å². The summed E-state index contributed by atoms with van der Waals surface area (Å²) in [5.74, 6) is 3.43. The molecule has 24 nitrogen and oxygen atoms in total. The van der Waals surface area contributed by atoms with E-state index in [0.717, 1.165) is 144 Å². The molecule has 7 fully saturated rings. The van der Waals surface area contributed by atoms with Crippen LogP contribution in [0.4, 0.5) is 4.39 Å². The summed E-state index contributed by atoms with van der Waals surface area (Å²) >= 11 is 0. The smallest absolute Gasteiger partial charge is 0.157 e. The molecule has 0 amide bonds. The van der Waals surface area contributed by atoms with Crippen molar-refractivity contribution in [2.75, 3.05) is 178 Å². The lowest BCUT2D eigenvalue weighted by molar-refractivity contribution is -0.0581. The number of halogens is 1. The number of hydrogen-bond donors (Lipinski definition) is 1. The van der Waals surface area contributed by atoms with Gasteiger partial charge in [-0.15, -0.1) is 0 Å². The minimum atomic E-state index is -0.957. The number of hydrogen-bond acceptors (Lipinski definition) is 23. The van der Waals surface area contributed by atoms with Crippen LogP contribution in [0, 0.1) is 18.3 Å². The monoisotopic (exact) mass is 1930 g/mol. The van der Waals surface area contributed by atoms with E-state index in [1.54, 1.807) is 30.2 Å². The van der Waals surface area contributed by atoms with Crippen LogP contribution in [0.25, 0.3) is 0 Å². The SMILES string of the molecule is CC(C)(C)NC1CCN(C2CC2)CC1.CC(C)(C)OCCN1CCCC1.CC(C)(C)OCCN1CCCCC1.CC(C)(C)OCCc1ccccn1.CC(C)(C)OCCc1ncccn1.CC(C)N1CC(C(C)(C)C)C1.CC1(F)CN(CCOC(C)(C)C)C1.CCN(CC)CCOC(C)(C)C.CN(C)C1CN(C(C)(C)C)C1.Cc1cnc(CCOC(C)(C)C)nc1.Cn1cc(OC(C)(C)C)cn1. The molecule has 0 aromatic carbocycles. The highest BCUT2D eigenvalue weighted by Crippen LogP contribution is 2.35. The van der Waals surface area contributed by atoms with E-state index < -0.39 is 5.67 Å². The molecule has 10 heterocycles. The Morgan fingerprint density at radius 1 is 0.467 bits per heavy atom. The molecule has 1 aliphatic carbocycles. The Hall–Kier alpha value is -4.39. The summed E-state index contributed by atoms with van der Waals surface area (Å²) in [5, 5.41) is 7.70. The van der Waals surface area contributed by atoms with Crippen molar-refractivity contribution in [3.05, 3.63) is 90.5 Å². The van der Waals surface area contributed by atoms with Crippen LogP contribution < -0.4 is 10.1 Å². The molecule has 0 unspecified atom stereocenters. The van der Waals surface area contributed by atoms with E-state index in [1.807, 2.05) is 146 Å². The highest BCUT2D eigenvalue weighted by Gasteiger charge is 2.40. The molecule has 0 radical (unpaired) electrons. The predicted molar refractivity (Wildman–Crippen MR) is 576 cm³/mol. The van der Waals surface area contributed by atoms with Crippen LogP contribution in [0.2, 0.25) is 0 Å². The quantitative estimate of drug-likeness (QED) is 0.0563. The third kappa shape index (κ3) is 75.1. The molecular formula is C112H217FN16O8. The van der Waals surface area contributed by atoms with Gasteiger partial charge in [-0.3, -0.25) is 19.5 Å². The number of aryl methyl sites for hydroxylation is 2. The van der Waals surface area contributed by atoms with Crippen molar-refractivity contribution in [3.63, 3.8) is 0 Å². The first-order valence-corrected chi connectivity index (χ1v) is 52.7. The summed E-state index contributed by atoms with van der Waals surface area (Å²) in [7, 11) is 6.19. The molecule has 137 heavy (non-hydrogen) atoms. The molecule has 1 N–H and O–H groups in total. The Bertz CT molecular complexity index is 3460. The third-order valence-electron chi connectivity index (χ3n) is 23.0. The molecule has 1 saturated carbocycles. The number of piperidine rings is 2. The van der Waals surface area contributed by atoms with Gasteiger partial charge in [0.05, 0.1) is 97.8 Å². The number of nitrogens with zero attached hydrogens (tertiary/aromatic N) is 15. The van der Waals surface area contributed by atoms with E-state index in [4.69, 9.17) is 37.9 Å². The van der Waals surface area contributed by atoms with Crippen LogP contribution in [0.1, 0.15) is 344 Å². The largest absolute Gasteiger partial charge is 0.485 e. The van der Waals surface area contributed by atoms with Gasteiger partial charge in [0.25, 0.3) is 0 Å². The normalized spacial score (nSPS) is 17.6. The van der Waals surface area contributed by atoms with Crippen molar-refractivity contribution in [1.29, 1.82) is 0 Å². The van der Waals surface area contributed by atoms with Crippen LogP contribution >= 0.6 is 0 Å². The standard InChI is InChI=1S/C12H24N2.C11H18N2O.C11H17NO.C11H23NO.C10H20FNO.C10H16N2O.C10H21NO.C10H23NO.C10H21N.C9H20N2.C8H14N2O/c1-12(2,3)13-10-6-8-14(9-7-10)11-4-5-11;1-9-7-12-10(13-8-9)5-6-14-11(2,3)4;1-11(2,3)13-9-7-10-6-4-5-8-12-10;1-11(2,3)13-10-9-12-7-5-4-6-8-12;1-9(2,3)13-6-5-12-7-10(4,11)8-12;1-10(2,3)13-8-5-9-11-6-4-7-12-9;1-10(2,3)12-9-8-11-6-4-5-7-11;1-6-11(7-2)8-9-12-10(3,4)5;1-8(2)11-6-9(7-11)10(3,4)5;1-9(2,3)11-6-8(7-11)10(4)5;1-8(2,3)11-7-5-9-10(4)6-7/h10-11,13H,4-9H2,1-3H3;7-8H,5-6H2,1-4H3;4-6,8H,7,9H2,1-3H3;4-10H2,1-3H3;5-8H2,1-4H3;4,6-7H,5,8H2,1-3H3;4-9H2,1-3H3;6-9H2,1-5H3;8-9H,6-7H2,1-5H3;8H,6-7H2,1-5H3;5-6H,1-4H3. The van der Waals surface area contributed by atoms with Gasteiger partial charge in [0.15, 0.2) is 5.75 Å². The van der Waals surface area contributed by atoms with Crippen LogP contribution in [-0.4, -0.2) is 338 Å². The van der Waals surface area contributed by atoms with Crippen LogP contribution in [0.5, 0.6) is 5.75 Å². The van der Waals surface area contributed by atoms with Crippen molar-refractivity contribution in [2.24, 2.45) is 18.4 Å². The maximum atomic E-state index is 13.0. The maximum Gasteiger partial charge on any atom is 0.157 e. The first-order valence-electron chi connectivity index (χ1n) is 52.7. The van der Waals surface area contributed by atoms with Crippen LogP contribution in [0.3, 0.4) is 0 Å². The van der Waals surface area contributed by atoms with Crippen molar-refractivity contribution in [2.45, 2.75) is 433 Å². The van der Waals surface area contributed by atoms with Gasteiger partial charge >= 0.3 is 0 Å². The molecule has 4 aromatic heterocycles. The lowest BCUT2D eigenvalue weighted by atomic mass is 9.75. The molecule has 25 heteroatoms. The van der Waals surface area contributed by atoms with Gasteiger partial charge in [0, 0.05) is 164 Å². The second kappa shape index (κ2) is 63.8. The van der Waals surface area contributed by atoms with Gasteiger partial charge < -0.3 is 72.6 Å². The highest BCUT2D eigenvalue weighted by molar-refractivity contribution is 5.12. The summed E-state index contributed by atoms with van der Waals surface area (Å²) in [4.78, 5) is 40.3. The average molecular weight is 1940 g/mol. The molecule has 0 atom stereocenters. The number of rotatable bonds is 28. The number of alkyl halides is 1. The van der Waals surface area contributed by atoms with Gasteiger partial charge in [0.1, 0.15) is 22.9 Å². The van der Waals surface area contributed by atoms with Crippen LogP contribution in [-0.2, 0) is 59.5 Å². The number of ether oxygens (including phenoxy) is 8. The summed E-state index contributed by atoms with van der Waals surface area (Å²) in [6.07, 6.45) is 27.5. The zero-order chi connectivity index (χ0) is 105. The number of likely N-dealkylation sites (N-methyl/N-ethyl adjacent to an activating group) is 2. The summed E-state index contributed by atoms with van der Waals surface area (Å²) in [6.45, 7) is 108. The summed E-state index contributed by atoms with van der Waals surface area (Å²) in [6, 6.07) is 11.0. The molecular weight excluding hydrogens is 1720 g/mol. The average Bonchev–Trinajstić information content (AvgIpc) is 1.34. The Balaban J connectivity index is 0.000000754. The molecule has 7 aliphatic rings. The Morgan fingerprint density at radius 2 is 0.869 bits per heavy atom. The van der Waals surface area contributed by atoms with E-state index >= 15 is 0 Å². The highest BCUT2D eigenvalue weighted by atomic mass is 19.1. The van der Waals surface area contributed by atoms with Crippen molar-refractivity contribution in [3.8, 4) is 5.75 Å². The first kappa shape index (κ1) is 131. The van der Waals surface area contributed by atoms with Gasteiger partial charge in [0.2, 0.25) is 0 Å². The Kier molecular flexibility index (Phi) is 60.8. The van der Waals surface area contributed by atoms with Gasteiger partial charge in [-0.2, -0.15) is 5.10 Å². The lowest BCUT2D eigenvalue weighted by Gasteiger charge is -2.49. The fraction of sp³-hybridized carbons (Fsp3) is 0.857. The third-order valence-corrected chi connectivity index (χ3v) is 23.0. The van der Waals surface area contributed by atoms with Crippen molar-refractivity contribution < 1.29 is 42.3 Å². The van der Waals surface area contributed by atoms with Gasteiger partial charge in [-0.25, -0.2) is 24.3 Å². The second-order valence-corrected chi connectivity index (χ2v) is 50.0. The predicted octanol–water partition coefficient (Wildman–Crippen LogP) is 21.6. The number of aromatic nitrogens is 7. The molecule has 6 saturated heterocycles. The fourth-order valence-electron chi connectivity index (χ4n) is 14.7. The maximum absolute atomic E-state index is 13.0. The lowest BCUT2D eigenvalue weighted by Crippen LogP contribution is -2.63. The Labute approximate surface area is 842 Å². The molecule has 0 spiro atoms. The summed E-state index contributed by atoms with van der Waals surface area (Å²) in [5.41, 5.74) is 2.04. The minimum absolute atomic E-state index is 0.00710. The van der Waals surface area contributed by atoms with E-state index in [-0.39, 0.29) is 50.3 Å². The number of nitrogens with one attached hydrogen (secondary N) is 1. The van der Waals surface area contributed by atoms with E-state index in [9.17, 15) is 4.39 Å². The zero-order valence-corrected chi connectivity index (χ0v) is 96.8. The van der Waals surface area contributed by atoms with Crippen molar-refractivity contribution >= 4 is 0 Å². The van der Waals surface area contributed by atoms with Gasteiger partial charge in [-0.1, -0.05) is 47.1 Å². The fourth-order valence-corrected chi connectivity index (χ4v) is 14.7. The molecule has 0 bridgehead atoms. The summed E-state index contributed by atoms with van der Waals surface area (Å²) < 4.78 is 59.5. The molecule has 4 aromatic rings. The topological polar surface area (TPSA) is 194 Å². The molecule has 11 rings (SSSR count). The first-order chi connectivity index (χ1) is 62.9. The van der Waals surface area contributed by atoms with Crippen LogP contribution in [0.15, 0.2) is 67.6 Å². The zero-order valence-electron chi connectivity index (χ0n) is 96.8. The van der Waals surface area contributed by atoms with E-state index in [1.165, 1.54) is 123 Å². The van der Waals surface area contributed by atoms with Crippen molar-refractivity contribution in [1.82, 2.24) is 79.2 Å². The second-order valence-electron chi connectivity index (χ2n) is 50.0. The minimum Gasteiger partial charge on any atom is -0.485 e. The van der Waals surface area contributed by atoms with E-state index in [2.05, 4.69) is 262 Å².